The molecule has 0 bridgehead atoms. The molecule has 0 aliphatic heterocycles. The van der Waals surface area contributed by atoms with E-state index in [9.17, 15) is 9.59 Å². The van der Waals surface area contributed by atoms with Crippen LogP contribution in [0.5, 0.6) is 0 Å². The van der Waals surface area contributed by atoms with Crippen molar-refractivity contribution in [3.63, 3.8) is 0 Å². The second-order valence-electron chi connectivity index (χ2n) is 8.66. The van der Waals surface area contributed by atoms with E-state index in [4.69, 9.17) is 0 Å². The Hall–Kier alpha value is -2.29. The average molecular weight is 392 g/mol. The molecule has 0 saturated heterocycles. The van der Waals surface area contributed by atoms with Gasteiger partial charge in [0.1, 0.15) is 5.78 Å². The Morgan fingerprint density at radius 2 is 1.86 bits per heavy atom. The summed E-state index contributed by atoms with van der Waals surface area (Å²) in [5.41, 5.74) is 1.90. The summed E-state index contributed by atoms with van der Waals surface area (Å²) in [6, 6.07) is 9.58. The minimum atomic E-state index is -0.109. The number of nitrogens with zero attached hydrogens (tertiary/aromatic N) is 1. The standard InChI is InChI=1S/C26H33NO2/c1-19-9-3-4-10-21(19)11-5-7-13-24(28)16-15-20(2)26(29)23-17-22-12-6-8-14-25(22)27-18-23/h6,8,12,14,17-19,21H,2-5,7,9-11,13,15-16H2,1H3. The molecular formula is C26H33NO2. The van der Waals surface area contributed by atoms with Gasteiger partial charge >= 0.3 is 0 Å². The highest BCUT2D eigenvalue weighted by Crippen LogP contribution is 2.33. The van der Waals surface area contributed by atoms with Crippen LogP contribution in [0.3, 0.4) is 0 Å². The first-order chi connectivity index (χ1) is 14.0. The molecule has 1 aromatic carbocycles. The fraction of sp³-hybridized carbons (Fsp3) is 0.500. The molecule has 0 radical (unpaired) electrons. The molecule has 1 saturated carbocycles. The second kappa shape index (κ2) is 10.5. The van der Waals surface area contributed by atoms with Crippen molar-refractivity contribution in [1.29, 1.82) is 0 Å². The van der Waals surface area contributed by atoms with E-state index in [1.54, 1.807) is 6.20 Å². The van der Waals surface area contributed by atoms with Crippen LogP contribution in [0.2, 0.25) is 0 Å². The fourth-order valence-electron chi connectivity index (χ4n) is 4.48. The van der Waals surface area contributed by atoms with E-state index in [0.29, 0.717) is 30.4 Å². The molecule has 1 aliphatic carbocycles. The van der Waals surface area contributed by atoms with E-state index < -0.39 is 0 Å². The first kappa shape index (κ1) is 21.4. The van der Waals surface area contributed by atoms with Gasteiger partial charge in [-0.15, -0.1) is 0 Å². The Balaban J connectivity index is 1.38. The van der Waals surface area contributed by atoms with Crippen molar-refractivity contribution in [3.05, 3.63) is 54.2 Å². The molecule has 1 heterocycles. The molecule has 2 unspecified atom stereocenters. The summed E-state index contributed by atoms with van der Waals surface area (Å²) in [5, 5.41) is 0.939. The number of hydrogen-bond donors (Lipinski definition) is 0. The lowest BCUT2D eigenvalue weighted by atomic mass is 9.78. The number of para-hydroxylation sites is 1. The van der Waals surface area contributed by atoms with Crippen molar-refractivity contribution in [2.75, 3.05) is 0 Å². The van der Waals surface area contributed by atoms with Crippen molar-refractivity contribution in [1.82, 2.24) is 4.98 Å². The van der Waals surface area contributed by atoms with E-state index in [1.807, 2.05) is 30.3 Å². The lowest BCUT2D eigenvalue weighted by molar-refractivity contribution is -0.119. The number of carbonyl (C=O) groups is 2. The highest BCUT2D eigenvalue weighted by Gasteiger charge is 2.20. The molecule has 0 spiro atoms. The van der Waals surface area contributed by atoms with Gasteiger partial charge in [0.05, 0.1) is 5.52 Å². The molecule has 154 valence electrons. The molecule has 1 aliphatic rings. The highest BCUT2D eigenvalue weighted by atomic mass is 16.1. The summed E-state index contributed by atoms with van der Waals surface area (Å²) >= 11 is 0. The zero-order chi connectivity index (χ0) is 20.6. The predicted molar refractivity (Wildman–Crippen MR) is 119 cm³/mol. The van der Waals surface area contributed by atoms with E-state index in [0.717, 1.165) is 35.6 Å². The van der Waals surface area contributed by atoms with Crippen molar-refractivity contribution < 1.29 is 9.59 Å². The number of allylic oxidation sites excluding steroid dienone is 1. The SMILES string of the molecule is C=C(CCC(=O)CCCCC1CCCCC1C)C(=O)c1cnc2ccccc2c1. The summed E-state index contributed by atoms with van der Waals surface area (Å²) in [7, 11) is 0. The maximum atomic E-state index is 12.6. The molecule has 0 N–H and O–H groups in total. The van der Waals surface area contributed by atoms with Crippen LogP contribution in [0, 0.1) is 11.8 Å². The van der Waals surface area contributed by atoms with E-state index >= 15 is 0 Å². The lowest BCUT2D eigenvalue weighted by Crippen LogP contribution is -2.16. The maximum Gasteiger partial charge on any atom is 0.189 e. The van der Waals surface area contributed by atoms with Gasteiger partial charge < -0.3 is 0 Å². The van der Waals surface area contributed by atoms with E-state index in [2.05, 4.69) is 18.5 Å². The van der Waals surface area contributed by atoms with Crippen LogP contribution in [0.4, 0.5) is 0 Å². The van der Waals surface area contributed by atoms with Crippen LogP contribution in [0.1, 0.15) is 81.5 Å². The third-order valence-corrected chi connectivity index (χ3v) is 6.45. The third kappa shape index (κ3) is 6.09. The Morgan fingerprint density at radius 1 is 1.07 bits per heavy atom. The fourth-order valence-corrected chi connectivity index (χ4v) is 4.48. The van der Waals surface area contributed by atoms with Crippen LogP contribution in [0.15, 0.2) is 48.7 Å². The van der Waals surface area contributed by atoms with Gasteiger partial charge in [-0.3, -0.25) is 14.6 Å². The Morgan fingerprint density at radius 3 is 2.69 bits per heavy atom. The highest BCUT2D eigenvalue weighted by molar-refractivity contribution is 6.09. The van der Waals surface area contributed by atoms with Crippen molar-refractivity contribution in [2.45, 2.75) is 71.1 Å². The number of unbranched alkanes of at least 4 members (excludes halogenated alkanes) is 1. The van der Waals surface area contributed by atoms with E-state index in [-0.39, 0.29) is 11.6 Å². The van der Waals surface area contributed by atoms with Gasteiger partial charge in [-0.2, -0.15) is 0 Å². The van der Waals surface area contributed by atoms with Gasteiger partial charge in [-0.1, -0.05) is 70.2 Å². The monoisotopic (exact) mass is 391 g/mol. The van der Waals surface area contributed by atoms with Crippen LogP contribution < -0.4 is 0 Å². The molecule has 0 amide bonds. The topological polar surface area (TPSA) is 47.0 Å². The Labute approximate surface area is 174 Å². The Bertz CT molecular complexity index is 870. The first-order valence-corrected chi connectivity index (χ1v) is 11.1. The smallest absolute Gasteiger partial charge is 0.189 e. The molecule has 2 aromatic rings. The van der Waals surface area contributed by atoms with Gasteiger partial charge in [0.15, 0.2) is 5.78 Å². The molecule has 1 fully saturated rings. The number of fused-ring (bicyclic) bond motifs is 1. The van der Waals surface area contributed by atoms with Crippen molar-refractivity contribution in [3.8, 4) is 0 Å². The number of pyridine rings is 1. The summed E-state index contributed by atoms with van der Waals surface area (Å²) in [6.07, 6.45) is 11.9. The van der Waals surface area contributed by atoms with Crippen LogP contribution >= 0.6 is 0 Å². The molecule has 3 rings (SSSR count). The van der Waals surface area contributed by atoms with Gasteiger partial charge in [0.25, 0.3) is 0 Å². The summed E-state index contributed by atoms with van der Waals surface area (Å²) in [4.78, 5) is 29.2. The van der Waals surface area contributed by atoms with Gasteiger partial charge in [0, 0.05) is 30.0 Å². The third-order valence-electron chi connectivity index (χ3n) is 6.45. The number of benzene rings is 1. The van der Waals surface area contributed by atoms with Crippen LogP contribution in [-0.4, -0.2) is 16.6 Å². The number of ketones is 2. The Kier molecular flexibility index (Phi) is 7.74. The van der Waals surface area contributed by atoms with Gasteiger partial charge in [-0.25, -0.2) is 0 Å². The maximum absolute atomic E-state index is 12.6. The predicted octanol–water partition coefficient (Wildman–Crippen LogP) is 6.71. The average Bonchev–Trinajstić information content (AvgIpc) is 2.75. The quantitative estimate of drug-likeness (QED) is 0.257. The first-order valence-electron chi connectivity index (χ1n) is 11.1. The number of Topliss-reactive ketones (excluding diaryl/α,β-unsaturated/α-hetero) is 2. The number of hydrogen-bond acceptors (Lipinski definition) is 3. The molecule has 1 aromatic heterocycles. The number of carbonyl (C=O) groups excluding carboxylic acids is 2. The molecular weight excluding hydrogens is 358 g/mol. The van der Waals surface area contributed by atoms with E-state index in [1.165, 1.54) is 32.1 Å². The van der Waals surface area contributed by atoms with Crippen molar-refractivity contribution in [2.24, 2.45) is 11.8 Å². The van der Waals surface area contributed by atoms with Gasteiger partial charge in [0.2, 0.25) is 0 Å². The normalized spacial score (nSPS) is 19.2. The lowest BCUT2D eigenvalue weighted by Gasteiger charge is -2.28. The molecule has 2 atom stereocenters. The molecule has 3 heteroatoms. The summed E-state index contributed by atoms with van der Waals surface area (Å²) in [5.74, 6) is 1.83. The molecule has 29 heavy (non-hydrogen) atoms. The largest absolute Gasteiger partial charge is 0.300 e. The summed E-state index contributed by atoms with van der Waals surface area (Å²) < 4.78 is 0. The zero-order valence-corrected chi connectivity index (χ0v) is 17.7. The number of aromatic nitrogens is 1. The second-order valence-corrected chi connectivity index (χ2v) is 8.66. The number of rotatable bonds is 10. The van der Waals surface area contributed by atoms with Crippen LogP contribution in [0.25, 0.3) is 10.9 Å². The van der Waals surface area contributed by atoms with Crippen molar-refractivity contribution >= 4 is 22.5 Å². The van der Waals surface area contributed by atoms with Gasteiger partial charge in [-0.05, 0) is 42.4 Å². The summed E-state index contributed by atoms with van der Waals surface area (Å²) in [6.45, 7) is 6.30. The zero-order valence-electron chi connectivity index (χ0n) is 17.7. The van der Waals surface area contributed by atoms with Crippen LogP contribution in [-0.2, 0) is 4.79 Å². The minimum absolute atomic E-state index is 0.109. The minimum Gasteiger partial charge on any atom is -0.300 e. The molecule has 3 nitrogen and oxygen atoms in total.